The van der Waals surface area contributed by atoms with Gasteiger partial charge in [-0.1, -0.05) is 30.3 Å². The van der Waals surface area contributed by atoms with E-state index in [4.69, 9.17) is 4.74 Å². The average Bonchev–Trinajstić information content (AvgIpc) is 3.09. The Hall–Kier alpha value is -3.35. The van der Waals surface area contributed by atoms with Crippen LogP contribution in [0.4, 0.5) is 4.39 Å². The van der Waals surface area contributed by atoms with E-state index in [0.29, 0.717) is 12.4 Å². The second-order valence-electron chi connectivity index (χ2n) is 8.70. The highest BCUT2D eigenvalue weighted by molar-refractivity contribution is 5.95. The summed E-state index contributed by atoms with van der Waals surface area (Å²) < 4.78 is 21.8. The first-order valence-electron chi connectivity index (χ1n) is 11.3. The number of hydrogen-bond donors (Lipinski definition) is 2. The fourth-order valence-corrected chi connectivity index (χ4v) is 5.04. The Bertz CT molecular complexity index is 1450. The smallest absolute Gasteiger partial charge is 0.326 e. The fourth-order valence-electron chi connectivity index (χ4n) is 5.04. The van der Waals surface area contributed by atoms with Gasteiger partial charge >= 0.3 is 5.69 Å². The first-order valence-corrected chi connectivity index (χ1v) is 11.3. The minimum Gasteiger partial charge on any atom is -0.488 e. The number of aromatic nitrogens is 2. The van der Waals surface area contributed by atoms with Gasteiger partial charge in [-0.05, 0) is 78.5 Å². The number of nitrogens with zero attached hydrogens (tertiary/aromatic N) is 1. The van der Waals surface area contributed by atoms with Crippen LogP contribution in [0.25, 0.3) is 22.7 Å². The lowest BCUT2D eigenvalue weighted by Gasteiger charge is -2.23. The normalized spacial score (nSPS) is 16.9. The van der Waals surface area contributed by atoms with Gasteiger partial charge in [-0.3, -0.25) is 4.57 Å². The third-order valence-electron chi connectivity index (χ3n) is 6.65. The van der Waals surface area contributed by atoms with E-state index in [1.54, 1.807) is 6.07 Å². The van der Waals surface area contributed by atoms with Crippen molar-refractivity contribution in [1.82, 2.24) is 14.9 Å². The number of aromatic amines is 1. The Labute approximate surface area is 202 Å². The molecule has 0 spiro atoms. The molecule has 2 aliphatic heterocycles. The molecule has 0 radical (unpaired) electrons. The van der Waals surface area contributed by atoms with Crippen LogP contribution in [0.15, 0.2) is 65.5 Å². The van der Waals surface area contributed by atoms with E-state index in [1.165, 1.54) is 12.1 Å². The van der Waals surface area contributed by atoms with Gasteiger partial charge in [-0.15, -0.1) is 12.4 Å². The lowest BCUT2D eigenvalue weighted by Crippen LogP contribution is -2.33. The molecule has 1 fully saturated rings. The van der Waals surface area contributed by atoms with Crippen molar-refractivity contribution in [3.05, 3.63) is 99.2 Å². The van der Waals surface area contributed by atoms with E-state index in [-0.39, 0.29) is 30.0 Å². The molecule has 0 aliphatic carbocycles. The van der Waals surface area contributed by atoms with Gasteiger partial charge < -0.3 is 15.0 Å². The zero-order valence-electron chi connectivity index (χ0n) is 18.5. The van der Waals surface area contributed by atoms with Gasteiger partial charge in [0.05, 0.1) is 11.0 Å². The number of rotatable bonds is 2. The summed E-state index contributed by atoms with van der Waals surface area (Å²) in [7, 11) is 0. The predicted octanol–water partition coefficient (Wildman–Crippen LogP) is 5.30. The largest absolute Gasteiger partial charge is 0.488 e. The lowest BCUT2D eigenvalue weighted by molar-refractivity contribution is 0.305. The van der Waals surface area contributed by atoms with Crippen molar-refractivity contribution in [2.45, 2.75) is 25.5 Å². The molecule has 34 heavy (non-hydrogen) atoms. The molecule has 7 heteroatoms. The molecule has 3 heterocycles. The number of nitrogens with one attached hydrogen (secondary N) is 2. The van der Waals surface area contributed by atoms with Crippen LogP contribution >= 0.6 is 12.4 Å². The SMILES string of the molecule is Cl.O=c1[nH]c2cc(/C=C3\c4ccccc4COc4cc(F)ccc43)ccc2n1C1CCNCC1. The van der Waals surface area contributed by atoms with Crippen molar-refractivity contribution in [2.75, 3.05) is 13.1 Å². The van der Waals surface area contributed by atoms with E-state index in [0.717, 1.165) is 64.8 Å². The first-order chi connectivity index (χ1) is 16.2. The lowest BCUT2D eigenvalue weighted by atomic mass is 9.92. The summed E-state index contributed by atoms with van der Waals surface area (Å²) >= 11 is 0. The molecule has 0 saturated carbocycles. The summed E-state index contributed by atoms with van der Waals surface area (Å²) in [5.41, 5.74) is 6.58. The maximum Gasteiger partial charge on any atom is 0.326 e. The molecule has 2 N–H and O–H groups in total. The molecule has 0 atom stereocenters. The van der Waals surface area contributed by atoms with E-state index < -0.39 is 0 Å². The van der Waals surface area contributed by atoms with Gasteiger partial charge in [-0.2, -0.15) is 0 Å². The maximum absolute atomic E-state index is 13.9. The van der Waals surface area contributed by atoms with Crippen LogP contribution in [0.3, 0.4) is 0 Å². The standard InChI is InChI=1S/C27H24FN3O2.ClH/c28-19-6-7-22-23(21-4-2-1-3-18(21)16-33-26(22)15-19)13-17-5-8-25-24(14-17)30-27(32)31(25)20-9-11-29-12-10-20;/h1-8,13-15,20,29H,9-12,16H2,(H,30,32);1H/b23-13+;. The van der Waals surface area contributed by atoms with Crippen LogP contribution in [0, 0.1) is 5.82 Å². The highest BCUT2D eigenvalue weighted by atomic mass is 35.5. The molecule has 5 nitrogen and oxygen atoms in total. The number of piperidine rings is 1. The van der Waals surface area contributed by atoms with E-state index in [2.05, 4.69) is 22.4 Å². The number of fused-ring (bicyclic) bond motifs is 3. The second kappa shape index (κ2) is 9.12. The highest BCUT2D eigenvalue weighted by Crippen LogP contribution is 2.38. The summed E-state index contributed by atoms with van der Waals surface area (Å²) in [6.07, 6.45) is 3.98. The zero-order valence-corrected chi connectivity index (χ0v) is 19.3. The Balaban J connectivity index is 0.00000241. The van der Waals surface area contributed by atoms with Crippen LogP contribution in [0.2, 0.25) is 0 Å². The Morgan fingerprint density at radius 3 is 2.68 bits per heavy atom. The van der Waals surface area contributed by atoms with Crippen LogP contribution in [-0.4, -0.2) is 22.6 Å². The van der Waals surface area contributed by atoms with Crippen molar-refractivity contribution >= 4 is 35.1 Å². The summed E-state index contributed by atoms with van der Waals surface area (Å²) in [5.74, 6) is 0.210. The van der Waals surface area contributed by atoms with Crippen molar-refractivity contribution in [3.8, 4) is 5.75 Å². The topological polar surface area (TPSA) is 59.1 Å². The van der Waals surface area contributed by atoms with Gasteiger partial charge in [0.25, 0.3) is 0 Å². The Morgan fingerprint density at radius 2 is 1.82 bits per heavy atom. The van der Waals surface area contributed by atoms with Crippen molar-refractivity contribution in [1.29, 1.82) is 0 Å². The molecule has 3 aromatic carbocycles. The third kappa shape index (κ3) is 3.93. The number of benzene rings is 3. The van der Waals surface area contributed by atoms with Crippen molar-refractivity contribution in [2.24, 2.45) is 0 Å². The number of hydrogen-bond acceptors (Lipinski definition) is 3. The molecule has 0 bridgehead atoms. The minimum atomic E-state index is -0.322. The van der Waals surface area contributed by atoms with Gasteiger partial charge in [0.1, 0.15) is 18.2 Å². The van der Waals surface area contributed by atoms with Crippen LogP contribution in [0.1, 0.15) is 41.1 Å². The van der Waals surface area contributed by atoms with Crippen LogP contribution in [0.5, 0.6) is 5.75 Å². The minimum absolute atomic E-state index is 0. The zero-order chi connectivity index (χ0) is 22.4. The van der Waals surface area contributed by atoms with E-state index in [1.807, 2.05) is 41.0 Å². The molecule has 174 valence electrons. The van der Waals surface area contributed by atoms with Gasteiger partial charge in [0.15, 0.2) is 0 Å². The quantitative estimate of drug-likeness (QED) is 0.412. The fraction of sp³-hybridized carbons (Fsp3) is 0.222. The number of ether oxygens (including phenoxy) is 1. The average molecular weight is 478 g/mol. The Morgan fingerprint density at radius 1 is 1.00 bits per heavy atom. The summed E-state index contributed by atoms with van der Waals surface area (Å²) in [6, 6.07) is 19.0. The van der Waals surface area contributed by atoms with Gasteiger partial charge in [0.2, 0.25) is 0 Å². The van der Waals surface area contributed by atoms with E-state index >= 15 is 0 Å². The molecule has 1 aromatic heterocycles. The summed E-state index contributed by atoms with van der Waals surface area (Å²) in [4.78, 5) is 15.8. The van der Waals surface area contributed by atoms with Crippen LogP contribution in [-0.2, 0) is 6.61 Å². The summed E-state index contributed by atoms with van der Waals surface area (Å²) in [5, 5.41) is 3.36. The molecule has 0 unspecified atom stereocenters. The number of halogens is 2. The number of H-pyrrole nitrogens is 1. The molecule has 2 aliphatic rings. The second-order valence-corrected chi connectivity index (χ2v) is 8.70. The monoisotopic (exact) mass is 477 g/mol. The van der Waals surface area contributed by atoms with Gasteiger partial charge in [0, 0.05) is 17.7 Å². The maximum atomic E-state index is 13.9. The van der Waals surface area contributed by atoms with E-state index in [9.17, 15) is 9.18 Å². The van der Waals surface area contributed by atoms with Gasteiger partial charge in [-0.25, -0.2) is 9.18 Å². The third-order valence-corrected chi connectivity index (χ3v) is 6.65. The Kier molecular flexibility index (Phi) is 6.02. The molecule has 4 aromatic rings. The molecule has 6 rings (SSSR count). The first kappa shape index (κ1) is 22.4. The molecular weight excluding hydrogens is 453 g/mol. The number of imidazole rings is 1. The van der Waals surface area contributed by atoms with Crippen molar-refractivity contribution < 1.29 is 9.13 Å². The highest BCUT2D eigenvalue weighted by Gasteiger charge is 2.21. The molecule has 0 amide bonds. The summed E-state index contributed by atoms with van der Waals surface area (Å²) in [6.45, 7) is 2.24. The predicted molar refractivity (Wildman–Crippen MR) is 135 cm³/mol. The van der Waals surface area contributed by atoms with Crippen LogP contribution < -0.4 is 15.7 Å². The van der Waals surface area contributed by atoms with Crippen molar-refractivity contribution in [3.63, 3.8) is 0 Å². The molecular formula is C27H25ClFN3O2. The molecule has 1 saturated heterocycles.